The molecular weight excluding hydrogens is 394 g/mol. The third-order valence-corrected chi connectivity index (χ3v) is 7.40. The molecule has 1 aliphatic heterocycles. The molecule has 1 fully saturated rings. The monoisotopic (exact) mass is 421 g/mol. The minimum absolute atomic E-state index is 0.0228. The van der Waals surface area contributed by atoms with Gasteiger partial charge in [0.2, 0.25) is 5.91 Å². The zero-order valence-electron chi connectivity index (χ0n) is 16.5. The molecule has 1 aliphatic carbocycles. The summed E-state index contributed by atoms with van der Waals surface area (Å²) in [5.74, 6) is 0.654. The third-order valence-electron chi connectivity index (χ3n) is 5.24. The highest BCUT2D eigenvalue weighted by atomic mass is 32.2. The highest BCUT2D eigenvalue weighted by Crippen LogP contribution is 2.35. The number of hydrogen-bond donors (Lipinski definition) is 1. The molecule has 1 N–H and O–H groups in total. The van der Waals surface area contributed by atoms with Gasteiger partial charge in [0, 0.05) is 18.0 Å². The second-order valence-corrected chi connectivity index (χ2v) is 10.00. The fourth-order valence-corrected chi connectivity index (χ4v) is 5.96. The predicted octanol–water partition coefficient (Wildman–Crippen LogP) is 2.99. The third kappa shape index (κ3) is 4.14. The number of hydrogen-bond acceptors (Lipinski definition) is 6. The Hall–Kier alpha value is -1.38. The van der Waals surface area contributed by atoms with E-state index in [1.54, 1.807) is 15.9 Å². The fraction of sp³-hybridized carbons (Fsp3) is 0.650. The summed E-state index contributed by atoms with van der Waals surface area (Å²) in [6.07, 6.45) is 5.18. The molecule has 2 aromatic rings. The Balaban J connectivity index is 1.63. The van der Waals surface area contributed by atoms with Crippen LogP contribution in [0.4, 0.5) is 0 Å². The largest absolute Gasteiger partial charge is 0.376 e. The van der Waals surface area contributed by atoms with E-state index in [1.807, 2.05) is 0 Å². The van der Waals surface area contributed by atoms with Gasteiger partial charge in [0.25, 0.3) is 5.56 Å². The number of rotatable bonds is 7. The molecule has 6 nitrogen and oxygen atoms in total. The molecule has 3 heterocycles. The molecule has 2 aliphatic rings. The summed E-state index contributed by atoms with van der Waals surface area (Å²) < 4.78 is 7.52. The van der Waals surface area contributed by atoms with Crippen molar-refractivity contribution in [1.82, 2.24) is 14.9 Å². The van der Waals surface area contributed by atoms with Crippen LogP contribution in [0.25, 0.3) is 10.2 Å². The number of ether oxygens (including phenoxy) is 1. The number of thioether (sulfide) groups is 1. The highest BCUT2D eigenvalue weighted by Gasteiger charge is 2.25. The minimum atomic E-state index is -0.0228. The van der Waals surface area contributed by atoms with Gasteiger partial charge in [-0.25, -0.2) is 4.98 Å². The Kier molecular flexibility index (Phi) is 6.08. The first-order chi connectivity index (χ1) is 13.5. The van der Waals surface area contributed by atoms with Gasteiger partial charge in [0.15, 0.2) is 5.16 Å². The van der Waals surface area contributed by atoms with Crippen molar-refractivity contribution in [2.75, 3.05) is 18.9 Å². The lowest BCUT2D eigenvalue weighted by Crippen LogP contribution is -2.31. The Bertz CT molecular complexity index is 929. The van der Waals surface area contributed by atoms with Crippen molar-refractivity contribution >= 4 is 39.2 Å². The lowest BCUT2D eigenvalue weighted by molar-refractivity contribution is -0.118. The Labute approximate surface area is 173 Å². The Morgan fingerprint density at radius 1 is 1.39 bits per heavy atom. The van der Waals surface area contributed by atoms with Crippen LogP contribution in [-0.2, 0) is 28.9 Å². The molecule has 1 atom stereocenters. The Morgan fingerprint density at radius 2 is 2.25 bits per heavy atom. The molecule has 152 valence electrons. The number of thiophene rings is 1. The van der Waals surface area contributed by atoms with E-state index < -0.39 is 0 Å². The maximum absolute atomic E-state index is 13.4. The number of amides is 1. The number of carbonyl (C=O) groups is 1. The van der Waals surface area contributed by atoms with Crippen LogP contribution < -0.4 is 10.9 Å². The first-order valence-corrected chi connectivity index (χ1v) is 11.9. The van der Waals surface area contributed by atoms with Crippen molar-refractivity contribution in [3.63, 3.8) is 0 Å². The van der Waals surface area contributed by atoms with Gasteiger partial charge in [-0.1, -0.05) is 25.6 Å². The number of nitrogens with zero attached hydrogens (tertiary/aromatic N) is 2. The van der Waals surface area contributed by atoms with E-state index in [0.717, 1.165) is 48.9 Å². The summed E-state index contributed by atoms with van der Waals surface area (Å²) in [5, 5.41) is 4.36. The van der Waals surface area contributed by atoms with Gasteiger partial charge < -0.3 is 10.1 Å². The van der Waals surface area contributed by atoms with Crippen molar-refractivity contribution < 1.29 is 9.53 Å². The summed E-state index contributed by atoms with van der Waals surface area (Å²) in [5.41, 5.74) is 1.23. The van der Waals surface area contributed by atoms with Crippen LogP contribution in [0, 0.1) is 5.92 Å². The number of carbonyl (C=O) groups excluding carboxylic acids is 1. The van der Waals surface area contributed by atoms with Gasteiger partial charge in [-0.3, -0.25) is 14.2 Å². The van der Waals surface area contributed by atoms with Crippen LogP contribution in [-0.4, -0.2) is 40.5 Å². The lowest BCUT2D eigenvalue weighted by Gasteiger charge is -2.16. The smallest absolute Gasteiger partial charge is 0.263 e. The van der Waals surface area contributed by atoms with E-state index >= 15 is 0 Å². The van der Waals surface area contributed by atoms with E-state index in [4.69, 9.17) is 9.72 Å². The molecule has 1 saturated heterocycles. The van der Waals surface area contributed by atoms with Crippen molar-refractivity contribution in [2.24, 2.45) is 5.92 Å². The van der Waals surface area contributed by atoms with E-state index in [2.05, 4.69) is 19.2 Å². The molecule has 28 heavy (non-hydrogen) atoms. The average Bonchev–Trinajstić information content (AvgIpc) is 3.37. The molecule has 0 spiro atoms. The fourth-order valence-electron chi connectivity index (χ4n) is 3.82. The van der Waals surface area contributed by atoms with Gasteiger partial charge in [0.1, 0.15) is 4.83 Å². The van der Waals surface area contributed by atoms with Crippen LogP contribution >= 0.6 is 23.1 Å². The average molecular weight is 422 g/mol. The summed E-state index contributed by atoms with van der Waals surface area (Å²) >= 11 is 3.00. The van der Waals surface area contributed by atoms with Gasteiger partial charge in [-0.2, -0.15) is 0 Å². The number of aromatic nitrogens is 2. The van der Waals surface area contributed by atoms with Crippen LogP contribution in [0.5, 0.6) is 0 Å². The van der Waals surface area contributed by atoms with Crippen LogP contribution in [0.15, 0.2) is 9.95 Å². The topological polar surface area (TPSA) is 73.2 Å². The number of nitrogens with one attached hydrogen (secondary N) is 1. The summed E-state index contributed by atoms with van der Waals surface area (Å²) in [4.78, 5) is 32.5. The number of fused-ring (bicyclic) bond motifs is 3. The molecule has 1 amide bonds. The predicted molar refractivity (Wildman–Crippen MR) is 113 cm³/mol. The van der Waals surface area contributed by atoms with Crippen LogP contribution in [0.2, 0.25) is 0 Å². The summed E-state index contributed by atoms with van der Waals surface area (Å²) in [7, 11) is 0. The lowest BCUT2D eigenvalue weighted by atomic mass is 10.2. The molecule has 0 bridgehead atoms. The molecule has 0 aromatic carbocycles. The second kappa shape index (κ2) is 8.55. The summed E-state index contributed by atoms with van der Waals surface area (Å²) in [6, 6.07) is 0. The maximum atomic E-state index is 13.4. The van der Waals surface area contributed by atoms with Crippen molar-refractivity contribution in [1.29, 1.82) is 0 Å². The standard InChI is InChI=1S/C20H27N3O3S2/c1-12(2)9-21-16(24)11-27-20-22-18-17(14-6-3-7-15(14)28-18)19(25)23(20)10-13-5-4-8-26-13/h12-13H,3-11H2,1-2H3,(H,21,24)/t13-/m1/s1. The molecule has 2 aromatic heterocycles. The van der Waals surface area contributed by atoms with Crippen molar-refractivity contribution in [2.45, 2.75) is 63.8 Å². The number of aryl methyl sites for hydroxylation is 2. The van der Waals surface area contributed by atoms with E-state index in [0.29, 0.717) is 24.2 Å². The zero-order chi connectivity index (χ0) is 19.7. The molecule has 8 heteroatoms. The SMILES string of the molecule is CC(C)CNC(=O)CSc1nc2sc3c(c2c(=O)n1C[C@H]1CCCO1)CCC3. The van der Waals surface area contributed by atoms with Crippen molar-refractivity contribution in [3.8, 4) is 0 Å². The molecular formula is C20H27N3O3S2. The maximum Gasteiger partial charge on any atom is 0.263 e. The van der Waals surface area contributed by atoms with Gasteiger partial charge in [-0.15, -0.1) is 11.3 Å². The quantitative estimate of drug-likeness (QED) is 0.550. The van der Waals surface area contributed by atoms with Gasteiger partial charge in [-0.05, 0) is 43.6 Å². The molecule has 4 rings (SSSR count). The van der Waals surface area contributed by atoms with Crippen LogP contribution in [0.1, 0.15) is 43.6 Å². The second-order valence-electron chi connectivity index (χ2n) is 7.97. The van der Waals surface area contributed by atoms with Crippen molar-refractivity contribution in [3.05, 3.63) is 20.8 Å². The molecule has 0 saturated carbocycles. The first-order valence-electron chi connectivity index (χ1n) is 10.1. The Morgan fingerprint density at radius 3 is 3.00 bits per heavy atom. The van der Waals surface area contributed by atoms with E-state index in [-0.39, 0.29) is 23.3 Å². The molecule has 0 radical (unpaired) electrons. The van der Waals surface area contributed by atoms with Gasteiger partial charge >= 0.3 is 0 Å². The summed E-state index contributed by atoms with van der Waals surface area (Å²) in [6.45, 7) is 6.06. The van der Waals surface area contributed by atoms with Gasteiger partial charge in [0.05, 0.1) is 23.8 Å². The normalized spacial score (nSPS) is 18.9. The first kappa shape index (κ1) is 19.9. The van der Waals surface area contributed by atoms with E-state index in [1.165, 1.54) is 22.2 Å². The van der Waals surface area contributed by atoms with E-state index in [9.17, 15) is 9.59 Å². The molecule has 0 unspecified atom stereocenters. The highest BCUT2D eigenvalue weighted by molar-refractivity contribution is 7.99. The van der Waals surface area contributed by atoms with Crippen LogP contribution in [0.3, 0.4) is 0 Å². The minimum Gasteiger partial charge on any atom is -0.376 e. The zero-order valence-corrected chi connectivity index (χ0v) is 18.1.